The van der Waals surface area contributed by atoms with E-state index in [2.05, 4.69) is 0 Å². The minimum atomic E-state index is -0.648. The molecule has 3 heteroatoms. The molecule has 78 valence electrons. The minimum absolute atomic E-state index is 0.247. The van der Waals surface area contributed by atoms with E-state index in [0.29, 0.717) is 12.2 Å². The lowest BCUT2D eigenvalue weighted by molar-refractivity contribution is 0.198. The fraction of sp³-hybridized carbons (Fsp3) is 0.455. The monoisotopic (exact) mass is 198 g/mol. The number of ether oxygens (including phenoxy) is 1. The summed E-state index contributed by atoms with van der Waals surface area (Å²) >= 11 is 0. The number of benzene rings is 1. The van der Waals surface area contributed by atoms with Crippen molar-refractivity contribution < 1.29 is 14.2 Å². The van der Waals surface area contributed by atoms with Crippen LogP contribution in [0.25, 0.3) is 0 Å². The molecule has 1 N–H and O–H groups in total. The van der Waals surface area contributed by atoms with Gasteiger partial charge in [-0.05, 0) is 31.0 Å². The molecule has 0 saturated carbocycles. The van der Waals surface area contributed by atoms with Gasteiger partial charge >= 0.3 is 0 Å². The Kier molecular flexibility index (Phi) is 3.89. The fourth-order valence-corrected chi connectivity index (χ4v) is 1.11. The molecule has 0 fully saturated rings. The van der Waals surface area contributed by atoms with Gasteiger partial charge in [-0.1, -0.05) is 13.0 Å². The first-order valence-corrected chi connectivity index (χ1v) is 4.75. The molecule has 0 unspecified atom stereocenters. The van der Waals surface area contributed by atoms with Gasteiger partial charge in [0.15, 0.2) is 11.6 Å². The predicted octanol–water partition coefficient (Wildman–Crippen LogP) is 2.67. The summed E-state index contributed by atoms with van der Waals surface area (Å²) in [5, 5.41) is 9.21. The maximum absolute atomic E-state index is 13.3. The Hall–Kier alpha value is -1.09. The van der Waals surface area contributed by atoms with Gasteiger partial charge in [-0.3, -0.25) is 0 Å². The normalized spacial score (nSPS) is 12.6. The Morgan fingerprint density at radius 3 is 2.71 bits per heavy atom. The van der Waals surface area contributed by atoms with Crippen LogP contribution in [0.5, 0.6) is 5.75 Å². The largest absolute Gasteiger partial charge is 0.491 e. The predicted molar refractivity (Wildman–Crippen MR) is 52.8 cm³/mol. The van der Waals surface area contributed by atoms with E-state index in [4.69, 9.17) is 4.74 Å². The lowest BCUT2D eigenvalue weighted by atomic mass is 10.1. The third-order valence-corrected chi connectivity index (χ3v) is 1.90. The molecule has 0 radical (unpaired) electrons. The van der Waals surface area contributed by atoms with Crippen LogP contribution < -0.4 is 4.74 Å². The van der Waals surface area contributed by atoms with Crippen LogP contribution in [0.15, 0.2) is 18.2 Å². The molecule has 0 spiro atoms. The van der Waals surface area contributed by atoms with Crippen molar-refractivity contribution in [1.82, 2.24) is 0 Å². The number of halogens is 1. The maximum Gasteiger partial charge on any atom is 0.165 e. The molecule has 0 aliphatic heterocycles. The summed E-state index contributed by atoms with van der Waals surface area (Å²) in [6.07, 6.45) is 0.196. The number of hydrogen-bond acceptors (Lipinski definition) is 2. The van der Waals surface area contributed by atoms with Crippen molar-refractivity contribution >= 4 is 0 Å². The van der Waals surface area contributed by atoms with Crippen molar-refractivity contribution in [2.75, 3.05) is 6.61 Å². The third kappa shape index (κ3) is 2.70. The van der Waals surface area contributed by atoms with Crippen LogP contribution in [0.4, 0.5) is 4.39 Å². The molecule has 14 heavy (non-hydrogen) atoms. The van der Waals surface area contributed by atoms with Crippen LogP contribution >= 0.6 is 0 Å². The Balaban J connectivity index is 2.79. The van der Waals surface area contributed by atoms with Crippen LogP contribution in [0.3, 0.4) is 0 Å². The molecular formula is C11H15FO2. The van der Waals surface area contributed by atoms with Gasteiger partial charge in [-0.15, -0.1) is 0 Å². The Bertz CT molecular complexity index is 297. The van der Waals surface area contributed by atoms with E-state index >= 15 is 0 Å². The highest BCUT2D eigenvalue weighted by Gasteiger charge is 2.07. The van der Waals surface area contributed by atoms with E-state index in [1.54, 1.807) is 19.1 Å². The van der Waals surface area contributed by atoms with Crippen molar-refractivity contribution in [3.8, 4) is 5.75 Å². The number of aliphatic hydroxyl groups is 1. The number of rotatable bonds is 4. The van der Waals surface area contributed by atoms with Gasteiger partial charge in [0.2, 0.25) is 0 Å². The fourth-order valence-electron chi connectivity index (χ4n) is 1.11. The first-order valence-electron chi connectivity index (χ1n) is 4.75. The third-order valence-electron chi connectivity index (χ3n) is 1.90. The second-order valence-corrected chi connectivity index (χ2v) is 3.21. The lowest BCUT2D eigenvalue weighted by Gasteiger charge is -2.08. The standard InChI is InChI=1S/C11H15FO2/c1-3-6-14-11-5-4-9(8(2)13)7-10(11)12/h4-5,7-8,13H,3,6H2,1-2H3/t8-/m0/s1. The van der Waals surface area contributed by atoms with Gasteiger partial charge in [-0.25, -0.2) is 4.39 Å². The van der Waals surface area contributed by atoms with E-state index in [9.17, 15) is 9.50 Å². The van der Waals surface area contributed by atoms with E-state index in [0.717, 1.165) is 6.42 Å². The molecule has 0 aromatic heterocycles. The van der Waals surface area contributed by atoms with E-state index in [1.165, 1.54) is 6.07 Å². The van der Waals surface area contributed by atoms with Gasteiger partial charge in [0.05, 0.1) is 12.7 Å². The smallest absolute Gasteiger partial charge is 0.165 e. The average molecular weight is 198 g/mol. The highest BCUT2D eigenvalue weighted by Crippen LogP contribution is 2.21. The second-order valence-electron chi connectivity index (χ2n) is 3.21. The SMILES string of the molecule is CCCOc1ccc([C@H](C)O)cc1F. The molecular weight excluding hydrogens is 183 g/mol. The molecule has 1 aromatic carbocycles. The highest BCUT2D eigenvalue weighted by molar-refractivity contribution is 5.30. The van der Waals surface area contributed by atoms with E-state index in [1.807, 2.05) is 6.92 Å². The molecule has 0 heterocycles. The van der Waals surface area contributed by atoms with Gasteiger partial charge in [0.1, 0.15) is 0 Å². The van der Waals surface area contributed by atoms with Crippen molar-refractivity contribution in [2.24, 2.45) is 0 Å². The zero-order valence-electron chi connectivity index (χ0n) is 8.46. The topological polar surface area (TPSA) is 29.5 Å². The van der Waals surface area contributed by atoms with Crippen molar-refractivity contribution in [1.29, 1.82) is 0 Å². The number of hydrogen-bond donors (Lipinski definition) is 1. The Morgan fingerprint density at radius 2 is 2.21 bits per heavy atom. The molecule has 0 aliphatic carbocycles. The molecule has 1 atom stereocenters. The molecule has 1 rings (SSSR count). The summed E-state index contributed by atoms with van der Waals surface area (Å²) in [7, 11) is 0. The Morgan fingerprint density at radius 1 is 1.50 bits per heavy atom. The first-order chi connectivity index (χ1) is 6.65. The molecule has 0 aliphatic rings. The molecule has 2 nitrogen and oxygen atoms in total. The van der Waals surface area contributed by atoms with Crippen molar-refractivity contribution in [3.05, 3.63) is 29.6 Å². The van der Waals surface area contributed by atoms with Crippen LogP contribution in [-0.2, 0) is 0 Å². The summed E-state index contributed by atoms with van der Waals surface area (Å²) in [4.78, 5) is 0. The van der Waals surface area contributed by atoms with Crippen LogP contribution in [0.2, 0.25) is 0 Å². The average Bonchev–Trinajstić information content (AvgIpc) is 2.15. The maximum atomic E-state index is 13.3. The van der Waals surface area contributed by atoms with Crippen molar-refractivity contribution in [3.63, 3.8) is 0 Å². The molecule has 0 saturated heterocycles. The zero-order valence-corrected chi connectivity index (χ0v) is 8.46. The minimum Gasteiger partial charge on any atom is -0.491 e. The van der Waals surface area contributed by atoms with Crippen LogP contribution in [0, 0.1) is 5.82 Å². The number of aliphatic hydroxyl groups excluding tert-OH is 1. The first kappa shape index (κ1) is 11.0. The highest BCUT2D eigenvalue weighted by atomic mass is 19.1. The summed E-state index contributed by atoms with van der Waals surface area (Å²) in [5.74, 6) is -0.173. The summed E-state index contributed by atoms with van der Waals surface area (Å²) < 4.78 is 18.5. The van der Waals surface area contributed by atoms with Crippen LogP contribution in [-0.4, -0.2) is 11.7 Å². The Labute approximate surface area is 83.3 Å². The molecule has 0 amide bonds. The van der Waals surface area contributed by atoms with Gasteiger partial charge in [0.25, 0.3) is 0 Å². The lowest BCUT2D eigenvalue weighted by Crippen LogP contribution is -1.99. The van der Waals surface area contributed by atoms with E-state index < -0.39 is 11.9 Å². The van der Waals surface area contributed by atoms with Crippen molar-refractivity contribution in [2.45, 2.75) is 26.4 Å². The summed E-state index contributed by atoms with van der Waals surface area (Å²) in [6, 6.07) is 4.52. The zero-order chi connectivity index (χ0) is 10.6. The van der Waals surface area contributed by atoms with Gasteiger partial charge < -0.3 is 9.84 Å². The van der Waals surface area contributed by atoms with E-state index in [-0.39, 0.29) is 5.75 Å². The van der Waals surface area contributed by atoms with Gasteiger partial charge in [0, 0.05) is 0 Å². The molecule has 0 bridgehead atoms. The van der Waals surface area contributed by atoms with Crippen LogP contribution in [0.1, 0.15) is 31.9 Å². The quantitative estimate of drug-likeness (QED) is 0.806. The van der Waals surface area contributed by atoms with Gasteiger partial charge in [-0.2, -0.15) is 0 Å². The second kappa shape index (κ2) is 4.96. The summed E-state index contributed by atoms with van der Waals surface area (Å²) in [6.45, 7) is 4.06. The summed E-state index contributed by atoms with van der Waals surface area (Å²) in [5.41, 5.74) is 0.561. The molecule has 1 aromatic rings.